The molecule has 0 aliphatic rings. The summed E-state index contributed by atoms with van der Waals surface area (Å²) < 4.78 is 15.9. The summed E-state index contributed by atoms with van der Waals surface area (Å²) in [6.07, 6.45) is 1.08. The fourth-order valence-corrected chi connectivity index (χ4v) is 2.59. The number of rotatable bonds is 8. The zero-order valence-electron chi connectivity index (χ0n) is 13.5. The van der Waals surface area contributed by atoms with Crippen LogP contribution in [0.1, 0.15) is 54.4 Å². The van der Waals surface area contributed by atoms with Gasteiger partial charge in [0.2, 0.25) is 0 Å². The van der Waals surface area contributed by atoms with Crippen molar-refractivity contribution in [1.29, 1.82) is 0 Å². The molecule has 0 spiro atoms. The zero-order valence-corrected chi connectivity index (χ0v) is 14.4. The molecule has 1 atom stereocenters. The van der Waals surface area contributed by atoms with Gasteiger partial charge in [-0.1, -0.05) is 34.6 Å². The van der Waals surface area contributed by atoms with Gasteiger partial charge in [-0.25, -0.2) is 0 Å². The number of hydrogen-bond acceptors (Lipinski definition) is 3. The van der Waals surface area contributed by atoms with Crippen molar-refractivity contribution in [2.24, 2.45) is 16.7 Å². The Bertz CT molecular complexity index is 372. The molecule has 0 aliphatic heterocycles. The number of hydrogen-bond donors (Lipinski definition) is 2. The summed E-state index contributed by atoms with van der Waals surface area (Å²) in [6, 6.07) is 0. The van der Waals surface area contributed by atoms with E-state index in [1.807, 2.05) is 41.5 Å². The van der Waals surface area contributed by atoms with Crippen LogP contribution in [-0.4, -0.2) is 28.5 Å². The van der Waals surface area contributed by atoms with E-state index in [1.54, 1.807) is 0 Å². The molecule has 0 aliphatic carbocycles. The summed E-state index contributed by atoms with van der Waals surface area (Å²) in [5, 5.41) is 0. The Balaban J connectivity index is 4.96. The zero-order chi connectivity index (χ0) is 16.2. The maximum atomic E-state index is 12.4. The van der Waals surface area contributed by atoms with Gasteiger partial charge >= 0.3 is 13.6 Å². The molecule has 2 N–H and O–H groups in total. The van der Waals surface area contributed by atoms with Gasteiger partial charge < -0.3 is 14.5 Å². The van der Waals surface area contributed by atoms with Crippen molar-refractivity contribution in [3.8, 4) is 0 Å². The molecule has 0 radical (unpaired) electrons. The van der Waals surface area contributed by atoms with Crippen LogP contribution in [0.15, 0.2) is 0 Å². The molecule has 0 amide bonds. The van der Waals surface area contributed by atoms with Crippen LogP contribution in [0.5, 0.6) is 0 Å². The molecule has 1 unspecified atom stereocenters. The number of carbonyl (C=O) groups is 1. The molecule has 0 bridgehead atoms. The summed E-state index contributed by atoms with van der Waals surface area (Å²) in [6.45, 7) is 11.8. The van der Waals surface area contributed by atoms with Gasteiger partial charge in [-0.05, 0) is 31.1 Å². The Morgan fingerprint density at radius 3 is 2.10 bits per heavy atom. The maximum absolute atomic E-state index is 12.4. The second-order valence-corrected chi connectivity index (χ2v) is 8.47. The third-order valence-electron chi connectivity index (χ3n) is 4.26. The average Bonchev–Trinajstić information content (AvgIpc) is 2.25. The summed E-state index contributed by atoms with van der Waals surface area (Å²) in [7, 11) is -4.13. The van der Waals surface area contributed by atoms with Crippen molar-refractivity contribution in [1.82, 2.24) is 0 Å². The highest BCUT2D eigenvalue weighted by Crippen LogP contribution is 2.47. The van der Waals surface area contributed by atoms with Gasteiger partial charge in [0.1, 0.15) is 6.61 Å². The second-order valence-electron chi connectivity index (χ2n) is 6.69. The highest BCUT2D eigenvalue weighted by molar-refractivity contribution is 7.51. The standard InChI is InChI=1S/C14H29O5P/c1-7-13(4,5)14(6,10-11(2)3)12(15)19-8-9-20(16,17)18/h11H,7-10H2,1-6H3,(H2,16,17,18). The van der Waals surface area contributed by atoms with Crippen LogP contribution in [0.4, 0.5) is 0 Å². The van der Waals surface area contributed by atoms with Gasteiger partial charge in [0.25, 0.3) is 0 Å². The van der Waals surface area contributed by atoms with Crippen molar-refractivity contribution in [2.75, 3.05) is 12.8 Å². The fraction of sp³-hybridized carbons (Fsp3) is 0.929. The van der Waals surface area contributed by atoms with E-state index in [4.69, 9.17) is 14.5 Å². The molecule has 5 nitrogen and oxygen atoms in total. The molecule has 0 aromatic carbocycles. The van der Waals surface area contributed by atoms with E-state index < -0.39 is 19.2 Å². The molecule has 0 saturated heterocycles. The SMILES string of the molecule is CCC(C)(C)C(C)(CC(C)C)C(=O)OCCP(=O)(O)O. The van der Waals surface area contributed by atoms with Gasteiger partial charge in [-0.2, -0.15) is 0 Å². The van der Waals surface area contributed by atoms with Crippen LogP contribution < -0.4 is 0 Å². The third-order valence-corrected chi connectivity index (χ3v) is 5.03. The van der Waals surface area contributed by atoms with E-state index in [2.05, 4.69) is 0 Å². The van der Waals surface area contributed by atoms with Crippen molar-refractivity contribution in [3.05, 3.63) is 0 Å². The molecule has 120 valence electrons. The number of carbonyl (C=O) groups excluding carboxylic acids is 1. The van der Waals surface area contributed by atoms with Crippen molar-refractivity contribution < 1.29 is 23.9 Å². The van der Waals surface area contributed by atoms with E-state index >= 15 is 0 Å². The molecule has 6 heteroatoms. The molecule has 20 heavy (non-hydrogen) atoms. The minimum Gasteiger partial charge on any atom is -0.465 e. The molecule has 0 heterocycles. The Kier molecular flexibility index (Phi) is 6.92. The second kappa shape index (κ2) is 7.06. The van der Waals surface area contributed by atoms with Crippen LogP contribution in [0.25, 0.3) is 0 Å². The lowest BCUT2D eigenvalue weighted by Crippen LogP contribution is -2.44. The smallest absolute Gasteiger partial charge is 0.328 e. The topological polar surface area (TPSA) is 83.8 Å². The predicted molar refractivity (Wildman–Crippen MR) is 79.5 cm³/mol. The lowest BCUT2D eigenvalue weighted by molar-refractivity contribution is -0.164. The van der Waals surface area contributed by atoms with Crippen molar-refractivity contribution in [2.45, 2.75) is 54.4 Å². The summed E-state index contributed by atoms with van der Waals surface area (Å²) in [5.74, 6) is -0.0355. The first-order valence-electron chi connectivity index (χ1n) is 7.07. The predicted octanol–water partition coefficient (Wildman–Crippen LogP) is 3.20. The molecule has 0 aromatic rings. The first-order valence-corrected chi connectivity index (χ1v) is 8.87. The average molecular weight is 308 g/mol. The van der Waals surface area contributed by atoms with E-state index in [0.29, 0.717) is 12.3 Å². The normalized spacial score (nSPS) is 16.1. The molecule has 0 fully saturated rings. The van der Waals surface area contributed by atoms with E-state index in [1.165, 1.54) is 0 Å². The molecule has 0 saturated carbocycles. The Morgan fingerprint density at radius 1 is 1.25 bits per heavy atom. The van der Waals surface area contributed by atoms with Crippen molar-refractivity contribution in [3.63, 3.8) is 0 Å². The van der Waals surface area contributed by atoms with Crippen LogP contribution in [0.2, 0.25) is 0 Å². The van der Waals surface area contributed by atoms with Gasteiger partial charge in [-0.15, -0.1) is 0 Å². The minimum atomic E-state index is -4.13. The minimum absolute atomic E-state index is 0.239. The van der Waals surface area contributed by atoms with Crippen LogP contribution in [0, 0.1) is 16.7 Å². The van der Waals surface area contributed by atoms with Gasteiger partial charge in [0.05, 0.1) is 11.6 Å². The van der Waals surface area contributed by atoms with E-state index in [-0.39, 0.29) is 18.0 Å². The number of esters is 1. The Labute approximate surface area is 122 Å². The fourth-order valence-electron chi connectivity index (χ4n) is 2.26. The molecule has 0 aromatic heterocycles. The largest absolute Gasteiger partial charge is 0.465 e. The van der Waals surface area contributed by atoms with Gasteiger partial charge in [0.15, 0.2) is 0 Å². The third kappa shape index (κ3) is 5.55. The Morgan fingerprint density at radius 2 is 1.75 bits per heavy atom. The summed E-state index contributed by atoms with van der Waals surface area (Å²) in [5.41, 5.74) is -0.901. The van der Waals surface area contributed by atoms with E-state index in [9.17, 15) is 9.36 Å². The number of ether oxygens (including phenoxy) is 1. The highest BCUT2D eigenvalue weighted by atomic mass is 31.2. The van der Waals surface area contributed by atoms with Crippen molar-refractivity contribution >= 4 is 13.6 Å². The highest BCUT2D eigenvalue weighted by Gasteiger charge is 2.47. The first-order chi connectivity index (χ1) is 8.85. The Hall–Kier alpha value is -0.380. The molecule has 0 rings (SSSR count). The molecular weight excluding hydrogens is 279 g/mol. The summed E-state index contributed by atoms with van der Waals surface area (Å²) >= 11 is 0. The quantitative estimate of drug-likeness (QED) is 0.531. The van der Waals surface area contributed by atoms with Crippen LogP contribution in [0.3, 0.4) is 0 Å². The summed E-state index contributed by atoms with van der Waals surface area (Å²) in [4.78, 5) is 30.0. The van der Waals surface area contributed by atoms with Gasteiger partial charge in [-0.3, -0.25) is 9.36 Å². The van der Waals surface area contributed by atoms with Crippen LogP contribution >= 0.6 is 7.60 Å². The maximum Gasteiger partial charge on any atom is 0.328 e. The molecular formula is C14H29O5P. The van der Waals surface area contributed by atoms with E-state index in [0.717, 1.165) is 6.42 Å². The van der Waals surface area contributed by atoms with Gasteiger partial charge in [0, 0.05) is 0 Å². The lowest BCUT2D eigenvalue weighted by atomic mass is 9.62. The van der Waals surface area contributed by atoms with Crippen LogP contribution in [-0.2, 0) is 14.1 Å². The first kappa shape index (κ1) is 19.6. The lowest BCUT2D eigenvalue weighted by Gasteiger charge is -2.42. The monoisotopic (exact) mass is 308 g/mol.